The van der Waals surface area contributed by atoms with Crippen LogP contribution in [0.5, 0.6) is 5.75 Å². The molecule has 2 aromatic rings. The Kier molecular flexibility index (Phi) is 4.97. The molecule has 17 heavy (non-hydrogen) atoms. The Bertz CT molecular complexity index is 463. The van der Waals surface area contributed by atoms with Crippen molar-refractivity contribution in [1.29, 1.82) is 0 Å². The summed E-state index contributed by atoms with van der Waals surface area (Å²) in [4.78, 5) is 4.50. The molecule has 2 heterocycles. The Hall–Kier alpha value is -1.55. The lowest BCUT2D eigenvalue weighted by molar-refractivity contribution is 0.412. The van der Waals surface area contributed by atoms with Gasteiger partial charge in [-0.15, -0.1) is 0 Å². The third-order valence-electron chi connectivity index (χ3n) is 2.27. The van der Waals surface area contributed by atoms with Gasteiger partial charge in [-0.05, 0) is 32.1 Å². The quantitative estimate of drug-likeness (QED) is 0.868. The van der Waals surface area contributed by atoms with Crippen molar-refractivity contribution in [2.45, 2.75) is 19.8 Å². The standard InChI is InChI=1S/C11H14N2O.C2H7N/c1-8(2)10-7-13-6-9(14-3)4-5-11(13)12-10;1-3-2/h4-8H,1-3H3;3H,1-2H3. The Labute approximate surface area is 103 Å². The second kappa shape index (κ2) is 6.25. The molecule has 0 fully saturated rings. The number of rotatable bonds is 2. The molecule has 2 rings (SSSR count). The Balaban J connectivity index is 0.000000437. The molecule has 0 saturated carbocycles. The average molecular weight is 235 g/mol. The zero-order chi connectivity index (χ0) is 12.8. The highest BCUT2D eigenvalue weighted by molar-refractivity contribution is 5.43. The van der Waals surface area contributed by atoms with E-state index in [1.807, 2.05) is 43.0 Å². The molecule has 0 aliphatic carbocycles. The van der Waals surface area contributed by atoms with Gasteiger partial charge in [-0.2, -0.15) is 0 Å². The van der Waals surface area contributed by atoms with Gasteiger partial charge in [0.1, 0.15) is 11.4 Å². The number of fused-ring (bicyclic) bond motifs is 1. The van der Waals surface area contributed by atoms with Crippen LogP contribution in [0.2, 0.25) is 0 Å². The number of methoxy groups -OCH3 is 1. The zero-order valence-corrected chi connectivity index (χ0v) is 11.2. The molecule has 0 spiro atoms. The number of aromatic nitrogens is 2. The highest BCUT2D eigenvalue weighted by Gasteiger charge is 2.05. The molecule has 0 radical (unpaired) electrons. The molecule has 0 unspecified atom stereocenters. The summed E-state index contributed by atoms with van der Waals surface area (Å²) in [7, 11) is 5.42. The third-order valence-corrected chi connectivity index (χ3v) is 2.27. The molecule has 4 heteroatoms. The number of nitrogens with one attached hydrogen (secondary N) is 1. The largest absolute Gasteiger partial charge is 0.495 e. The van der Waals surface area contributed by atoms with Gasteiger partial charge in [-0.3, -0.25) is 0 Å². The van der Waals surface area contributed by atoms with E-state index in [0.717, 1.165) is 17.1 Å². The van der Waals surface area contributed by atoms with E-state index in [1.165, 1.54) is 0 Å². The Morgan fingerprint density at radius 1 is 1.24 bits per heavy atom. The van der Waals surface area contributed by atoms with E-state index in [1.54, 1.807) is 7.11 Å². The highest BCUT2D eigenvalue weighted by Crippen LogP contribution is 2.17. The van der Waals surface area contributed by atoms with Crippen LogP contribution in [0.4, 0.5) is 0 Å². The van der Waals surface area contributed by atoms with Gasteiger partial charge in [0.25, 0.3) is 0 Å². The van der Waals surface area contributed by atoms with Crippen LogP contribution in [0.3, 0.4) is 0 Å². The summed E-state index contributed by atoms with van der Waals surface area (Å²) in [6.45, 7) is 4.28. The first-order valence-corrected chi connectivity index (χ1v) is 5.73. The van der Waals surface area contributed by atoms with Crippen molar-refractivity contribution in [2.75, 3.05) is 21.2 Å². The predicted molar refractivity (Wildman–Crippen MR) is 70.8 cm³/mol. The van der Waals surface area contributed by atoms with Gasteiger partial charge in [0.05, 0.1) is 19.0 Å². The molecule has 0 aliphatic heterocycles. The normalized spacial score (nSPS) is 10.2. The van der Waals surface area contributed by atoms with Crippen molar-refractivity contribution in [3.8, 4) is 5.75 Å². The predicted octanol–water partition coefficient (Wildman–Crippen LogP) is 2.30. The molecule has 0 aromatic carbocycles. The first kappa shape index (κ1) is 13.5. The molecule has 1 N–H and O–H groups in total. The summed E-state index contributed by atoms with van der Waals surface area (Å²) >= 11 is 0. The first-order chi connectivity index (χ1) is 8.12. The summed E-state index contributed by atoms with van der Waals surface area (Å²) in [5, 5.41) is 2.75. The molecule has 2 aromatic heterocycles. The SMILES string of the molecule is CNC.COc1ccc2nc(C(C)C)cn2c1. The minimum atomic E-state index is 0.459. The maximum absolute atomic E-state index is 5.14. The van der Waals surface area contributed by atoms with Crippen LogP contribution in [-0.2, 0) is 0 Å². The van der Waals surface area contributed by atoms with E-state index in [0.29, 0.717) is 5.92 Å². The van der Waals surface area contributed by atoms with Crippen molar-refractivity contribution in [1.82, 2.24) is 14.7 Å². The van der Waals surface area contributed by atoms with Gasteiger partial charge < -0.3 is 14.5 Å². The van der Waals surface area contributed by atoms with Crippen molar-refractivity contribution >= 4 is 5.65 Å². The average Bonchev–Trinajstić information content (AvgIpc) is 2.72. The summed E-state index contributed by atoms with van der Waals surface area (Å²) in [5.41, 5.74) is 2.08. The summed E-state index contributed by atoms with van der Waals surface area (Å²) in [5.74, 6) is 1.31. The van der Waals surface area contributed by atoms with Crippen molar-refractivity contribution in [2.24, 2.45) is 0 Å². The van der Waals surface area contributed by atoms with E-state index in [9.17, 15) is 0 Å². The summed E-state index contributed by atoms with van der Waals surface area (Å²) in [6, 6.07) is 3.89. The van der Waals surface area contributed by atoms with Crippen LogP contribution in [0.25, 0.3) is 5.65 Å². The van der Waals surface area contributed by atoms with Crippen molar-refractivity contribution in [3.05, 3.63) is 30.2 Å². The smallest absolute Gasteiger partial charge is 0.137 e. The van der Waals surface area contributed by atoms with Crippen LogP contribution in [0, 0.1) is 0 Å². The number of ether oxygens (including phenoxy) is 1. The number of hydrogen-bond donors (Lipinski definition) is 1. The fraction of sp³-hybridized carbons (Fsp3) is 0.462. The van der Waals surface area contributed by atoms with E-state index < -0.39 is 0 Å². The second-order valence-corrected chi connectivity index (χ2v) is 4.15. The molecule has 0 atom stereocenters. The van der Waals surface area contributed by atoms with Gasteiger partial charge >= 0.3 is 0 Å². The highest BCUT2D eigenvalue weighted by atomic mass is 16.5. The lowest BCUT2D eigenvalue weighted by Crippen LogP contribution is -1.89. The zero-order valence-electron chi connectivity index (χ0n) is 11.2. The van der Waals surface area contributed by atoms with E-state index in [4.69, 9.17) is 4.74 Å². The molecule has 0 saturated heterocycles. The monoisotopic (exact) mass is 235 g/mol. The van der Waals surface area contributed by atoms with E-state index in [-0.39, 0.29) is 0 Å². The maximum atomic E-state index is 5.14. The fourth-order valence-electron chi connectivity index (χ4n) is 1.39. The molecule has 0 aliphatic rings. The van der Waals surface area contributed by atoms with Crippen LogP contribution >= 0.6 is 0 Å². The van der Waals surface area contributed by atoms with Crippen LogP contribution in [0.1, 0.15) is 25.5 Å². The van der Waals surface area contributed by atoms with Crippen LogP contribution in [-0.4, -0.2) is 30.6 Å². The lowest BCUT2D eigenvalue weighted by atomic mass is 10.2. The number of hydrogen-bond acceptors (Lipinski definition) is 3. The first-order valence-electron chi connectivity index (χ1n) is 5.73. The molecule has 0 bridgehead atoms. The Morgan fingerprint density at radius 3 is 2.41 bits per heavy atom. The molecular weight excluding hydrogens is 214 g/mol. The number of pyridine rings is 1. The van der Waals surface area contributed by atoms with Gasteiger partial charge in [-0.1, -0.05) is 13.8 Å². The molecule has 0 amide bonds. The second-order valence-electron chi connectivity index (χ2n) is 4.15. The fourth-order valence-corrected chi connectivity index (χ4v) is 1.39. The third kappa shape index (κ3) is 3.46. The van der Waals surface area contributed by atoms with E-state index >= 15 is 0 Å². The molecular formula is C13H21N3O. The van der Waals surface area contributed by atoms with Gasteiger partial charge in [-0.25, -0.2) is 4.98 Å². The maximum Gasteiger partial charge on any atom is 0.137 e. The summed E-state index contributed by atoms with van der Waals surface area (Å²) in [6.07, 6.45) is 3.98. The van der Waals surface area contributed by atoms with E-state index in [2.05, 4.69) is 24.1 Å². The Morgan fingerprint density at radius 2 is 1.88 bits per heavy atom. The van der Waals surface area contributed by atoms with Gasteiger partial charge in [0.2, 0.25) is 0 Å². The lowest BCUT2D eigenvalue weighted by Gasteiger charge is -1.98. The minimum absolute atomic E-state index is 0.459. The van der Waals surface area contributed by atoms with Crippen LogP contribution in [0.15, 0.2) is 24.5 Å². The topological polar surface area (TPSA) is 38.6 Å². The molecule has 94 valence electrons. The van der Waals surface area contributed by atoms with Crippen molar-refractivity contribution in [3.63, 3.8) is 0 Å². The minimum Gasteiger partial charge on any atom is -0.495 e. The van der Waals surface area contributed by atoms with Crippen LogP contribution < -0.4 is 10.1 Å². The van der Waals surface area contributed by atoms with Crippen molar-refractivity contribution < 1.29 is 4.74 Å². The number of nitrogens with zero attached hydrogens (tertiary/aromatic N) is 2. The summed E-state index contributed by atoms with van der Waals surface area (Å²) < 4.78 is 7.14. The van der Waals surface area contributed by atoms with Gasteiger partial charge in [0, 0.05) is 6.20 Å². The van der Waals surface area contributed by atoms with Gasteiger partial charge in [0.15, 0.2) is 0 Å². The molecule has 4 nitrogen and oxygen atoms in total. The number of imidazole rings is 1.